The zero-order valence-electron chi connectivity index (χ0n) is 14.4. The Morgan fingerprint density at radius 2 is 2.00 bits per heavy atom. The van der Waals surface area contributed by atoms with Crippen LogP contribution in [0.1, 0.15) is 35.7 Å². The molecule has 3 N–H and O–H groups in total. The predicted octanol–water partition coefficient (Wildman–Crippen LogP) is 2.50. The van der Waals surface area contributed by atoms with Gasteiger partial charge in [-0.1, -0.05) is 24.3 Å². The van der Waals surface area contributed by atoms with Crippen molar-refractivity contribution in [3.63, 3.8) is 0 Å². The molecule has 1 aliphatic carbocycles. The number of fused-ring (bicyclic) bond motifs is 2. The highest BCUT2D eigenvalue weighted by Gasteiger charge is 2.46. The fraction of sp³-hybridized carbons (Fsp3) is 0.421. The van der Waals surface area contributed by atoms with Gasteiger partial charge in [0, 0.05) is 19.1 Å². The third kappa shape index (κ3) is 2.24. The Kier molecular flexibility index (Phi) is 3.12. The molecule has 128 valence electrons. The van der Waals surface area contributed by atoms with Crippen molar-refractivity contribution in [2.75, 3.05) is 18.0 Å². The molecule has 1 fully saturated rings. The number of hydrogen-bond acceptors (Lipinski definition) is 5. The normalized spacial score (nSPS) is 21.8. The minimum Gasteiger partial charge on any atom is -0.342 e. The highest BCUT2D eigenvalue weighted by atomic mass is 15.3. The molecular formula is C19H22N6. The second kappa shape index (κ2) is 5.26. The number of hydrogen-bond donors (Lipinski definition) is 2. The van der Waals surface area contributed by atoms with Gasteiger partial charge in [-0.2, -0.15) is 4.98 Å². The van der Waals surface area contributed by atoms with Gasteiger partial charge < -0.3 is 15.6 Å². The molecule has 1 aliphatic heterocycles. The SMILES string of the molecule is Cc1cnc2nc(N3CCC4(CC3)Cc3ccccc3[C@H]4N)[nH]c2n1. The molecule has 1 aromatic carbocycles. The Morgan fingerprint density at radius 1 is 1.20 bits per heavy atom. The zero-order chi connectivity index (χ0) is 17.0. The monoisotopic (exact) mass is 334 g/mol. The van der Waals surface area contributed by atoms with Gasteiger partial charge in [0.2, 0.25) is 5.95 Å². The van der Waals surface area contributed by atoms with E-state index in [1.54, 1.807) is 6.20 Å². The van der Waals surface area contributed by atoms with Gasteiger partial charge >= 0.3 is 0 Å². The van der Waals surface area contributed by atoms with Gasteiger partial charge in [-0.25, -0.2) is 9.97 Å². The number of benzene rings is 1. The van der Waals surface area contributed by atoms with Crippen molar-refractivity contribution in [1.29, 1.82) is 0 Å². The minimum absolute atomic E-state index is 0.146. The molecule has 6 nitrogen and oxygen atoms in total. The Bertz CT molecular complexity index is 938. The van der Waals surface area contributed by atoms with Gasteiger partial charge in [0.1, 0.15) is 0 Å². The maximum Gasteiger partial charge on any atom is 0.206 e. The summed E-state index contributed by atoms with van der Waals surface area (Å²) in [5, 5.41) is 0. The molecule has 6 heteroatoms. The maximum atomic E-state index is 6.66. The molecule has 2 aromatic heterocycles. The molecule has 0 radical (unpaired) electrons. The molecule has 1 spiro atoms. The van der Waals surface area contributed by atoms with Crippen LogP contribution < -0.4 is 10.6 Å². The van der Waals surface area contributed by atoms with Crippen LogP contribution in [0.3, 0.4) is 0 Å². The molecule has 1 saturated heterocycles. The molecule has 0 saturated carbocycles. The van der Waals surface area contributed by atoms with E-state index in [0.717, 1.165) is 49.6 Å². The number of nitrogens with one attached hydrogen (secondary N) is 1. The van der Waals surface area contributed by atoms with Crippen LogP contribution in [0.5, 0.6) is 0 Å². The van der Waals surface area contributed by atoms with Crippen LogP contribution in [0.2, 0.25) is 0 Å². The van der Waals surface area contributed by atoms with Gasteiger partial charge in [-0.3, -0.25) is 0 Å². The minimum atomic E-state index is 0.146. The molecule has 0 unspecified atom stereocenters. The first kappa shape index (κ1) is 14.8. The average Bonchev–Trinajstić information content (AvgIpc) is 3.16. The van der Waals surface area contributed by atoms with Crippen molar-refractivity contribution < 1.29 is 0 Å². The summed E-state index contributed by atoms with van der Waals surface area (Å²) in [4.78, 5) is 19.1. The van der Waals surface area contributed by atoms with E-state index in [1.807, 2.05) is 6.92 Å². The smallest absolute Gasteiger partial charge is 0.206 e. The predicted molar refractivity (Wildman–Crippen MR) is 97.4 cm³/mol. The van der Waals surface area contributed by atoms with Gasteiger partial charge in [-0.05, 0) is 42.7 Å². The lowest BCUT2D eigenvalue weighted by Crippen LogP contribution is -2.44. The molecule has 5 rings (SSSR count). The van der Waals surface area contributed by atoms with Crippen LogP contribution in [-0.4, -0.2) is 33.0 Å². The summed E-state index contributed by atoms with van der Waals surface area (Å²) in [5.41, 5.74) is 12.0. The summed E-state index contributed by atoms with van der Waals surface area (Å²) in [7, 11) is 0. The summed E-state index contributed by atoms with van der Waals surface area (Å²) in [6.07, 6.45) is 5.02. The second-order valence-electron chi connectivity index (χ2n) is 7.45. The molecular weight excluding hydrogens is 312 g/mol. The van der Waals surface area contributed by atoms with E-state index in [0.29, 0.717) is 5.65 Å². The number of aromatic amines is 1. The number of nitrogens with zero attached hydrogens (tertiary/aromatic N) is 4. The van der Waals surface area contributed by atoms with E-state index >= 15 is 0 Å². The number of nitrogens with two attached hydrogens (primary N) is 1. The first-order valence-electron chi connectivity index (χ1n) is 8.92. The number of piperidine rings is 1. The Labute approximate surface area is 146 Å². The number of aryl methyl sites for hydroxylation is 1. The number of anilines is 1. The molecule has 0 amide bonds. The van der Waals surface area contributed by atoms with Crippen LogP contribution in [0.25, 0.3) is 11.3 Å². The highest BCUT2D eigenvalue weighted by Crippen LogP contribution is 2.50. The largest absolute Gasteiger partial charge is 0.342 e. The fourth-order valence-corrected chi connectivity index (χ4v) is 4.49. The first-order valence-corrected chi connectivity index (χ1v) is 8.92. The second-order valence-corrected chi connectivity index (χ2v) is 7.45. The van der Waals surface area contributed by atoms with Crippen molar-refractivity contribution in [3.05, 3.63) is 47.3 Å². The molecule has 3 heterocycles. The van der Waals surface area contributed by atoms with Crippen LogP contribution in [0.15, 0.2) is 30.5 Å². The van der Waals surface area contributed by atoms with E-state index in [-0.39, 0.29) is 11.5 Å². The Morgan fingerprint density at radius 3 is 2.80 bits per heavy atom. The average molecular weight is 334 g/mol. The molecule has 1 atom stereocenters. The number of aromatic nitrogens is 4. The lowest BCUT2D eigenvalue weighted by molar-refractivity contribution is 0.187. The lowest BCUT2D eigenvalue weighted by Gasteiger charge is -2.42. The number of rotatable bonds is 1. The van der Waals surface area contributed by atoms with Crippen molar-refractivity contribution in [2.24, 2.45) is 11.1 Å². The fourth-order valence-electron chi connectivity index (χ4n) is 4.49. The Hall–Kier alpha value is -2.47. The van der Waals surface area contributed by atoms with E-state index in [9.17, 15) is 0 Å². The summed E-state index contributed by atoms with van der Waals surface area (Å²) in [6.45, 7) is 3.86. The lowest BCUT2D eigenvalue weighted by atomic mass is 9.73. The van der Waals surface area contributed by atoms with Crippen molar-refractivity contribution in [2.45, 2.75) is 32.2 Å². The molecule has 25 heavy (non-hydrogen) atoms. The summed E-state index contributed by atoms with van der Waals surface area (Å²) >= 11 is 0. The van der Waals surface area contributed by atoms with Gasteiger partial charge in [0.25, 0.3) is 0 Å². The molecule has 2 aliphatic rings. The van der Waals surface area contributed by atoms with Gasteiger partial charge in [-0.15, -0.1) is 0 Å². The topological polar surface area (TPSA) is 83.7 Å². The van der Waals surface area contributed by atoms with E-state index in [4.69, 9.17) is 5.73 Å². The summed E-state index contributed by atoms with van der Waals surface area (Å²) < 4.78 is 0. The number of imidazole rings is 1. The highest BCUT2D eigenvalue weighted by molar-refractivity contribution is 5.69. The van der Waals surface area contributed by atoms with Crippen molar-refractivity contribution in [3.8, 4) is 0 Å². The Balaban J connectivity index is 1.38. The molecule has 3 aromatic rings. The maximum absolute atomic E-state index is 6.66. The third-order valence-electron chi connectivity index (χ3n) is 5.97. The van der Waals surface area contributed by atoms with E-state index < -0.39 is 0 Å². The third-order valence-corrected chi connectivity index (χ3v) is 5.97. The van der Waals surface area contributed by atoms with E-state index in [2.05, 4.69) is 49.1 Å². The van der Waals surface area contributed by atoms with Crippen molar-refractivity contribution in [1.82, 2.24) is 19.9 Å². The van der Waals surface area contributed by atoms with E-state index in [1.165, 1.54) is 11.1 Å². The van der Waals surface area contributed by atoms with Crippen LogP contribution in [0, 0.1) is 12.3 Å². The first-order chi connectivity index (χ1) is 12.1. The standard InChI is InChI=1S/C19H22N6/c1-12-11-21-16-17(22-12)24-18(23-16)25-8-6-19(7-9-25)10-13-4-2-3-5-14(13)15(19)20/h2-5,11,15H,6-10,20H2,1H3,(H,21,22,23,24)/t15-/m1/s1. The summed E-state index contributed by atoms with van der Waals surface area (Å²) in [5.74, 6) is 0.875. The quantitative estimate of drug-likeness (QED) is 0.714. The van der Waals surface area contributed by atoms with Gasteiger partial charge in [0.05, 0.1) is 11.9 Å². The summed E-state index contributed by atoms with van der Waals surface area (Å²) in [6, 6.07) is 8.79. The van der Waals surface area contributed by atoms with Crippen LogP contribution >= 0.6 is 0 Å². The van der Waals surface area contributed by atoms with Crippen molar-refractivity contribution >= 4 is 17.2 Å². The molecule has 0 bridgehead atoms. The van der Waals surface area contributed by atoms with Crippen LogP contribution in [-0.2, 0) is 6.42 Å². The van der Waals surface area contributed by atoms with Crippen LogP contribution in [0.4, 0.5) is 5.95 Å². The number of H-pyrrole nitrogens is 1. The van der Waals surface area contributed by atoms with Gasteiger partial charge in [0.15, 0.2) is 11.3 Å². The zero-order valence-corrected chi connectivity index (χ0v) is 14.4.